The van der Waals surface area contributed by atoms with Gasteiger partial charge in [-0.3, -0.25) is 9.59 Å². The minimum absolute atomic E-state index is 0.0561. The van der Waals surface area contributed by atoms with Gasteiger partial charge >= 0.3 is 0 Å². The summed E-state index contributed by atoms with van der Waals surface area (Å²) in [5.41, 5.74) is 0. The zero-order chi connectivity index (χ0) is 13.0. The molecule has 1 rings (SSSR count). The molecule has 0 saturated carbocycles. The van der Waals surface area contributed by atoms with Crippen molar-refractivity contribution in [2.45, 2.75) is 12.8 Å². The van der Waals surface area contributed by atoms with E-state index in [0.717, 1.165) is 4.90 Å². The summed E-state index contributed by atoms with van der Waals surface area (Å²) in [6, 6.07) is 0. The number of aliphatic hydroxyl groups is 1. The van der Waals surface area contributed by atoms with Crippen LogP contribution in [0.1, 0.15) is 6.42 Å². The fourth-order valence-electron chi connectivity index (χ4n) is 1.87. The number of hydrogen-bond acceptors (Lipinski definition) is 3. The molecule has 0 aromatic heterocycles. The highest BCUT2D eigenvalue weighted by Gasteiger charge is 2.35. The molecule has 7 heteroatoms. The van der Waals surface area contributed by atoms with Crippen LogP contribution >= 0.6 is 0 Å². The van der Waals surface area contributed by atoms with Crippen molar-refractivity contribution in [1.82, 2.24) is 9.80 Å². The van der Waals surface area contributed by atoms with Crippen LogP contribution in [0.15, 0.2) is 0 Å². The van der Waals surface area contributed by atoms with E-state index in [4.69, 9.17) is 5.11 Å². The van der Waals surface area contributed by atoms with Gasteiger partial charge in [0.15, 0.2) is 0 Å². The molecule has 1 aliphatic heterocycles. The van der Waals surface area contributed by atoms with Crippen molar-refractivity contribution in [2.24, 2.45) is 5.92 Å². The topological polar surface area (TPSA) is 60.9 Å². The molecule has 0 bridgehead atoms. The van der Waals surface area contributed by atoms with Gasteiger partial charge < -0.3 is 14.9 Å². The van der Waals surface area contributed by atoms with Crippen LogP contribution in [-0.2, 0) is 9.59 Å². The number of carbonyl (C=O) groups excluding carboxylic acids is 2. The van der Waals surface area contributed by atoms with Crippen molar-refractivity contribution in [3.05, 3.63) is 0 Å². The first-order valence-corrected chi connectivity index (χ1v) is 5.37. The summed E-state index contributed by atoms with van der Waals surface area (Å²) in [5, 5.41) is 8.73. The number of hydrogen-bond donors (Lipinski definition) is 1. The van der Waals surface area contributed by atoms with E-state index in [1.165, 1.54) is 4.90 Å². The van der Waals surface area contributed by atoms with E-state index in [2.05, 4.69) is 0 Å². The average molecular weight is 250 g/mol. The van der Waals surface area contributed by atoms with Gasteiger partial charge in [0.2, 0.25) is 11.8 Å². The molecule has 1 fully saturated rings. The summed E-state index contributed by atoms with van der Waals surface area (Å²) in [6.45, 7) is -0.941. The molecule has 1 saturated heterocycles. The Balaban J connectivity index is 2.61. The van der Waals surface area contributed by atoms with Crippen molar-refractivity contribution in [3.63, 3.8) is 0 Å². The molecule has 17 heavy (non-hydrogen) atoms. The number of carbonyl (C=O) groups is 2. The van der Waals surface area contributed by atoms with Crippen LogP contribution in [0, 0.1) is 5.92 Å². The molecule has 0 aliphatic carbocycles. The fourth-order valence-corrected chi connectivity index (χ4v) is 1.87. The summed E-state index contributed by atoms with van der Waals surface area (Å²) in [5.74, 6) is -1.22. The maximum absolute atomic E-state index is 12.3. The maximum Gasteiger partial charge on any atom is 0.255 e. The van der Waals surface area contributed by atoms with E-state index in [9.17, 15) is 18.4 Å². The Kier molecular flexibility index (Phi) is 4.80. The number of rotatable bonds is 5. The minimum Gasteiger partial charge on any atom is -0.395 e. The Bertz CT molecular complexity index is 299. The van der Waals surface area contributed by atoms with Gasteiger partial charge in [-0.05, 0) is 0 Å². The third kappa shape index (κ3) is 3.62. The van der Waals surface area contributed by atoms with Gasteiger partial charge in [-0.2, -0.15) is 0 Å². The van der Waals surface area contributed by atoms with Gasteiger partial charge in [0.05, 0.1) is 19.1 Å². The molecule has 0 spiro atoms. The predicted molar refractivity (Wildman–Crippen MR) is 55.4 cm³/mol. The molecule has 1 unspecified atom stereocenters. The first kappa shape index (κ1) is 13.8. The molecular formula is C10H16F2N2O3. The lowest BCUT2D eigenvalue weighted by Gasteiger charge is -2.24. The highest BCUT2D eigenvalue weighted by atomic mass is 19.3. The lowest BCUT2D eigenvalue weighted by atomic mass is 10.1. The zero-order valence-corrected chi connectivity index (χ0v) is 9.60. The number of likely N-dealkylation sites (tertiary alicyclic amines) is 1. The molecule has 0 aromatic carbocycles. The summed E-state index contributed by atoms with van der Waals surface area (Å²) < 4.78 is 24.5. The first-order valence-electron chi connectivity index (χ1n) is 5.37. The first-order chi connectivity index (χ1) is 7.95. The van der Waals surface area contributed by atoms with Crippen LogP contribution in [0.5, 0.6) is 0 Å². The molecule has 2 amide bonds. The molecule has 5 nitrogen and oxygen atoms in total. The van der Waals surface area contributed by atoms with E-state index in [1.54, 1.807) is 7.05 Å². The average Bonchev–Trinajstić information content (AvgIpc) is 2.57. The lowest BCUT2D eigenvalue weighted by molar-refractivity contribution is -0.138. The van der Waals surface area contributed by atoms with Crippen molar-refractivity contribution < 1.29 is 23.5 Å². The van der Waals surface area contributed by atoms with Gasteiger partial charge in [-0.1, -0.05) is 0 Å². The quantitative estimate of drug-likeness (QED) is 0.719. The minimum atomic E-state index is -2.64. The lowest BCUT2D eigenvalue weighted by Crippen LogP contribution is -2.41. The second-order valence-electron chi connectivity index (χ2n) is 4.07. The molecule has 0 radical (unpaired) electrons. The Labute approximate surface area is 98.0 Å². The van der Waals surface area contributed by atoms with E-state index in [-0.39, 0.29) is 32.0 Å². The van der Waals surface area contributed by atoms with Gasteiger partial charge in [-0.25, -0.2) is 8.78 Å². The Hall–Kier alpha value is -1.24. The summed E-state index contributed by atoms with van der Waals surface area (Å²) in [7, 11) is 1.57. The van der Waals surface area contributed by atoms with Crippen LogP contribution in [0.4, 0.5) is 8.78 Å². The van der Waals surface area contributed by atoms with Gasteiger partial charge in [0.1, 0.15) is 0 Å². The third-order valence-electron chi connectivity index (χ3n) is 2.73. The van der Waals surface area contributed by atoms with Crippen LogP contribution in [0.2, 0.25) is 0 Å². The van der Waals surface area contributed by atoms with Crippen LogP contribution in [0.25, 0.3) is 0 Å². The molecule has 1 heterocycles. The van der Waals surface area contributed by atoms with Crippen LogP contribution < -0.4 is 0 Å². The van der Waals surface area contributed by atoms with Gasteiger partial charge in [-0.15, -0.1) is 0 Å². The molecular weight excluding hydrogens is 234 g/mol. The van der Waals surface area contributed by atoms with Gasteiger partial charge in [0, 0.05) is 26.6 Å². The summed E-state index contributed by atoms with van der Waals surface area (Å²) in [4.78, 5) is 25.4. The van der Waals surface area contributed by atoms with Crippen molar-refractivity contribution in [1.29, 1.82) is 0 Å². The van der Waals surface area contributed by atoms with E-state index < -0.39 is 24.8 Å². The Morgan fingerprint density at radius 1 is 1.65 bits per heavy atom. The van der Waals surface area contributed by atoms with Crippen molar-refractivity contribution in [2.75, 3.05) is 33.3 Å². The van der Waals surface area contributed by atoms with Crippen molar-refractivity contribution in [3.8, 4) is 0 Å². The van der Waals surface area contributed by atoms with Crippen molar-refractivity contribution >= 4 is 11.8 Å². The molecule has 1 N–H and O–H groups in total. The normalized spacial score (nSPS) is 20.2. The smallest absolute Gasteiger partial charge is 0.255 e. The zero-order valence-electron chi connectivity index (χ0n) is 9.60. The van der Waals surface area contributed by atoms with Crippen LogP contribution in [0.3, 0.4) is 0 Å². The SMILES string of the molecule is CN1CC(C(=O)N(CCO)CC(F)F)CC1=O. The monoisotopic (exact) mass is 250 g/mol. The highest BCUT2D eigenvalue weighted by Crippen LogP contribution is 2.19. The second-order valence-corrected chi connectivity index (χ2v) is 4.07. The van der Waals surface area contributed by atoms with E-state index in [1.807, 2.05) is 0 Å². The Morgan fingerprint density at radius 3 is 2.71 bits per heavy atom. The molecule has 1 aliphatic rings. The highest BCUT2D eigenvalue weighted by molar-refractivity contribution is 5.89. The maximum atomic E-state index is 12.3. The number of aliphatic hydroxyl groups excluding tert-OH is 1. The summed E-state index contributed by atoms with van der Waals surface area (Å²) >= 11 is 0. The summed E-state index contributed by atoms with van der Waals surface area (Å²) in [6.07, 6.45) is -2.58. The number of nitrogens with zero attached hydrogens (tertiary/aromatic N) is 2. The Morgan fingerprint density at radius 2 is 2.29 bits per heavy atom. The molecule has 98 valence electrons. The third-order valence-corrected chi connectivity index (χ3v) is 2.73. The number of amides is 2. The second kappa shape index (κ2) is 5.90. The molecule has 0 aromatic rings. The van der Waals surface area contributed by atoms with Crippen LogP contribution in [-0.4, -0.2) is 66.4 Å². The fraction of sp³-hybridized carbons (Fsp3) is 0.800. The number of halogens is 2. The van der Waals surface area contributed by atoms with E-state index >= 15 is 0 Å². The standard InChI is InChI=1S/C10H16F2N2O3/c1-13-5-7(4-9(13)16)10(17)14(2-3-15)6-8(11)12/h7-8,15H,2-6H2,1H3. The molecule has 1 atom stereocenters. The van der Waals surface area contributed by atoms with E-state index in [0.29, 0.717) is 0 Å². The largest absolute Gasteiger partial charge is 0.395 e. The predicted octanol–water partition coefficient (Wildman–Crippen LogP) is -0.449. The number of alkyl halides is 2. The van der Waals surface area contributed by atoms with Gasteiger partial charge in [0.25, 0.3) is 6.43 Å².